The van der Waals surface area contributed by atoms with Crippen LogP contribution in [-0.2, 0) is 24.3 Å². The lowest BCUT2D eigenvalue weighted by Gasteiger charge is -2.18. The smallest absolute Gasteiger partial charge is 0.271 e. The summed E-state index contributed by atoms with van der Waals surface area (Å²) in [5.74, 6) is 0.848. The van der Waals surface area contributed by atoms with Crippen molar-refractivity contribution in [3.63, 3.8) is 0 Å². The fourth-order valence-corrected chi connectivity index (χ4v) is 4.89. The van der Waals surface area contributed by atoms with E-state index in [4.69, 9.17) is 9.72 Å². The Balaban J connectivity index is 2.10. The third-order valence-corrected chi connectivity index (χ3v) is 6.27. The van der Waals surface area contributed by atoms with E-state index in [9.17, 15) is 4.79 Å². The maximum atomic E-state index is 13.3. The number of pyridine rings is 1. The molecule has 0 saturated heterocycles. The average Bonchev–Trinajstić information content (AvgIpc) is 3.05. The van der Waals surface area contributed by atoms with Crippen LogP contribution in [0.25, 0.3) is 20.4 Å². The number of hydrogen-bond donors (Lipinski definition) is 0. The van der Waals surface area contributed by atoms with Crippen molar-refractivity contribution in [2.45, 2.75) is 53.7 Å². The molecule has 0 bridgehead atoms. The summed E-state index contributed by atoms with van der Waals surface area (Å²) in [7, 11) is 1.68. The third kappa shape index (κ3) is 3.97. The molecule has 0 aliphatic carbocycles. The number of thiophene rings is 1. The van der Waals surface area contributed by atoms with Crippen LogP contribution in [-0.4, -0.2) is 46.2 Å². The summed E-state index contributed by atoms with van der Waals surface area (Å²) < 4.78 is 7.94. The van der Waals surface area contributed by atoms with Crippen LogP contribution in [0.5, 0.6) is 0 Å². The Kier molecular flexibility index (Phi) is 6.80. The van der Waals surface area contributed by atoms with Crippen LogP contribution >= 0.6 is 11.3 Å². The van der Waals surface area contributed by atoms with Crippen molar-refractivity contribution in [3.8, 4) is 0 Å². The molecule has 3 aromatic heterocycles. The SMILES string of the molecule is CCc1nc2c(sc3nc(C)cc(COC)c32)c(=O)n1CCCN(CC)CC. The Morgan fingerprint density at radius 1 is 1.21 bits per heavy atom. The molecule has 0 aromatic carbocycles. The Morgan fingerprint density at radius 3 is 2.61 bits per heavy atom. The highest BCUT2D eigenvalue weighted by Crippen LogP contribution is 2.33. The van der Waals surface area contributed by atoms with Gasteiger partial charge in [0, 0.05) is 31.2 Å². The number of fused-ring (bicyclic) bond motifs is 3. The molecule has 0 spiro atoms. The fourth-order valence-electron chi connectivity index (χ4n) is 3.74. The van der Waals surface area contributed by atoms with Gasteiger partial charge in [0.1, 0.15) is 15.4 Å². The zero-order valence-corrected chi connectivity index (χ0v) is 18.4. The van der Waals surface area contributed by atoms with Crippen LogP contribution in [0, 0.1) is 6.92 Å². The Hall–Kier alpha value is -1.83. The van der Waals surface area contributed by atoms with Gasteiger partial charge in [0.15, 0.2) is 0 Å². The number of ether oxygens (including phenoxy) is 1. The van der Waals surface area contributed by atoms with E-state index in [0.717, 1.165) is 65.3 Å². The highest BCUT2D eigenvalue weighted by atomic mass is 32.1. The largest absolute Gasteiger partial charge is 0.380 e. The monoisotopic (exact) mass is 402 g/mol. The summed E-state index contributed by atoms with van der Waals surface area (Å²) in [5.41, 5.74) is 2.82. The molecule has 3 aromatic rings. The Morgan fingerprint density at radius 2 is 1.96 bits per heavy atom. The number of nitrogens with zero attached hydrogens (tertiary/aromatic N) is 4. The van der Waals surface area contributed by atoms with Crippen LogP contribution in [0.4, 0.5) is 0 Å². The first-order valence-electron chi connectivity index (χ1n) is 10.1. The van der Waals surface area contributed by atoms with Gasteiger partial charge in [-0.3, -0.25) is 9.36 Å². The summed E-state index contributed by atoms with van der Waals surface area (Å²) in [6.45, 7) is 12.6. The molecule has 0 N–H and O–H groups in total. The standard InChI is InChI=1S/C21H30N4O2S/c1-6-16-23-18-17-15(13-27-5)12-14(4)22-20(17)28-19(18)21(26)25(16)11-9-10-24(7-2)8-3/h12H,6-11,13H2,1-5H3. The molecule has 6 nitrogen and oxygen atoms in total. The van der Waals surface area contributed by atoms with E-state index in [2.05, 4.69) is 30.7 Å². The van der Waals surface area contributed by atoms with E-state index in [0.29, 0.717) is 17.9 Å². The molecule has 28 heavy (non-hydrogen) atoms. The molecule has 0 unspecified atom stereocenters. The van der Waals surface area contributed by atoms with Crippen molar-refractivity contribution in [1.82, 2.24) is 19.4 Å². The number of methoxy groups -OCH3 is 1. The summed E-state index contributed by atoms with van der Waals surface area (Å²) in [6.07, 6.45) is 1.67. The van der Waals surface area contributed by atoms with Gasteiger partial charge in [-0.05, 0) is 44.6 Å². The molecule has 0 saturated carbocycles. The van der Waals surface area contributed by atoms with Crippen LogP contribution < -0.4 is 5.56 Å². The molecule has 3 rings (SSSR count). The van der Waals surface area contributed by atoms with Crippen molar-refractivity contribution in [2.24, 2.45) is 0 Å². The molecule has 0 fully saturated rings. The van der Waals surface area contributed by atoms with E-state index in [1.807, 2.05) is 17.6 Å². The van der Waals surface area contributed by atoms with Crippen LogP contribution in [0.1, 0.15) is 44.3 Å². The van der Waals surface area contributed by atoms with E-state index < -0.39 is 0 Å². The normalized spacial score (nSPS) is 11.9. The molecule has 0 radical (unpaired) electrons. The minimum atomic E-state index is 0.0606. The minimum Gasteiger partial charge on any atom is -0.380 e. The van der Waals surface area contributed by atoms with Crippen LogP contribution in [0.3, 0.4) is 0 Å². The fraction of sp³-hybridized carbons (Fsp3) is 0.571. The van der Waals surface area contributed by atoms with Crippen LogP contribution in [0.15, 0.2) is 10.9 Å². The maximum Gasteiger partial charge on any atom is 0.271 e. The number of hydrogen-bond acceptors (Lipinski definition) is 6. The van der Waals surface area contributed by atoms with Crippen molar-refractivity contribution in [2.75, 3.05) is 26.7 Å². The van der Waals surface area contributed by atoms with Gasteiger partial charge in [0.2, 0.25) is 0 Å². The first-order chi connectivity index (χ1) is 13.5. The summed E-state index contributed by atoms with van der Waals surface area (Å²) in [5, 5.41) is 0.967. The van der Waals surface area contributed by atoms with Gasteiger partial charge < -0.3 is 9.64 Å². The first-order valence-corrected chi connectivity index (χ1v) is 10.9. The molecule has 0 aliphatic heterocycles. The molecule has 7 heteroatoms. The van der Waals surface area contributed by atoms with Crippen molar-refractivity contribution < 1.29 is 4.74 Å². The van der Waals surface area contributed by atoms with Crippen molar-refractivity contribution in [3.05, 3.63) is 33.5 Å². The maximum absolute atomic E-state index is 13.3. The lowest BCUT2D eigenvalue weighted by atomic mass is 10.1. The molecule has 0 aliphatic rings. The van der Waals surface area contributed by atoms with Gasteiger partial charge in [-0.25, -0.2) is 9.97 Å². The third-order valence-electron chi connectivity index (χ3n) is 5.20. The second kappa shape index (κ2) is 9.11. The number of rotatable bonds is 9. The zero-order valence-electron chi connectivity index (χ0n) is 17.5. The van der Waals surface area contributed by atoms with Gasteiger partial charge in [-0.15, -0.1) is 11.3 Å². The predicted octanol–water partition coefficient (Wildman–Crippen LogP) is 3.76. The molecule has 0 amide bonds. The van der Waals surface area contributed by atoms with Gasteiger partial charge >= 0.3 is 0 Å². The van der Waals surface area contributed by atoms with Gasteiger partial charge in [-0.1, -0.05) is 20.8 Å². The molecular weight excluding hydrogens is 372 g/mol. The highest BCUT2D eigenvalue weighted by Gasteiger charge is 2.18. The predicted molar refractivity (Wildman–Crippen MR) is 116 cm³/mol. The summed E-state index contributed by atoms with van der Waals surface area (Å²) in [6, 6.07) is 2.03. The molecule has 152 valence electrons. The molecule has 3 heterocycles. The molecular formula is C21H30N4O2S. The number of aromatic nitrogens is 3. The summed E-state index contributed by atoms with van der Waals surface area (Å²) in [4.78, 5) is 26.1. The topological polar surface area (TPSA) is 60.3 Å². The zero-order chi connectivity index (χ0) is 20.3. The number of aryl methyl sites for hydroxylation is 2. The second-order valence-corrected chi connectivity index (χ2v) is 8.03. The molecule has 0 atom stereocenters. The van der Waals surface area contributed by atoms with E-state index in [1.54, 1.807) is 7.11 Å². The van der Waals surface area contributed by atoms with E-state index >= 15 is 0 Å². The first kappa shape index (κ1) is 20.9. The average molecular weight is 403 g/mol. The lowest BCUT2D eigenvalue weighted by molar-refractivity contribution is 0.186. The summed E-state index contributed by atoms with van der Waals surface area (Å²) >= 11 is 1.45. The van der Waals surface area contributed by atoms with Gasteiger partial charge in [0.05, 0.1) is 12.1 Å². The van der Waals surface area contributed by atoms with Crippen molar-refractivity contribution >= 4 is 31.8 Å². The van der Waals surface area contributed by atoms with E-state index in [-0.39, 0.29) is 5.56 Å². The minimum absolute atomic E-state index is 0.0606. The lowest BCUT2D eigenvalue weighted by Crippen LogP contribution is -2.28. The highest BCUT2D eigenvalue weighted by molar-refractivity contribution is 7.25. The quantitative estimate of drug-likeness (QED) is 0.545. The van der Waals surface area contributed by atoms with Gasteiger partial charge in [-0.2, -0.15) is 0 Å². The second-order valence-electron chi connectivity index (χ2n) is 7.03. The van der Waals surface area contributed by atoms with Crippen molar-refractivity contribution in [1.29, 1.82) is 0 Å². The van der Waals surface area contributed by atoms with Crippen LogP contribution in [0.2, 0.25) is 0 Å². The Bertz CT molecular complexity index is 1020. The Labute approximate surface area is 170 Å². The van der Waals surface area contributed by atoms with Gasteiger partial charge in [0.25, 0.3) is 5.56 Å². The van der Waals surface area contributed by atoms with E-state index in [1.165, 1.54) is 11.3 Å².